The molecule has 0 aliphatic carbocycles. The topological polar surface area (TPSA) is 92.7 Å². The minimum Gasteiger partial charge on any atom is -0.366 e. The lowest BCUT2D eigenvalue weighted by atomic mass is 10.1. The molecule has 1 amide bonds. The van der Waals surface area contributed by atoms with Crippen LogP contribution in [0.1, 0.15) is 15.9 Å². The van der Waals surface area contributed by atoms with Gasteiger partial charge in [-0.2, -0.15) is 5.10 Å². The molecule has 0 bridgehead atoms. The van der Waals surface area contributed by atoms with Crippen LogP contribution in [0.15, 0.2) is 54.1 Å². The van der Waals surface area contributed by atoms with Crippen LogP contribution < -0.4 is 10.7 Å². The predicted octanol–water partition coefficient (Wildman–Crippen LogP) is 1.52. The average Bonchev–Trinajstić information content (AvgIpc) is 3.03. The fourth-order valence-corrected chi connectivity index (χ4v) is 2.09. The number of nitrogens with one attached hydrogen (secondary N) is 2. The van der Waals surface area contributed by atoms with Crippen LogP contribution in [0, 0.1) is 6.92 Å². The number of anilines is 1. The second kappa shape index (κ2) is 5.65. The van der Waals surface area contributed by atoms with Gasteiger partial charge in [-0.1, -0.05) is 0 Å². The lowest BCUT2D eigenvalue weighted by Crippen LogP contribution is -2.19. The Labute approximate surface area is 125 Å². The fraction of sp³-hybridized carbons (Fsp3) is 0.0667. The van der Waals surface area contributed by atoms with Crippen LogP contribution in [0.3, 0.4) is 0 Å². The Hall–Kier alpha value is -3.22. The van der Waals surface area contributed by atoms with E-state index < -0.39 is 0 Å². The molecule has 0 spiro atoms. The highest BCUT2D eigenvalue weighted by molar-refractivity contribution is 6.05. The van der Waals surface area contributed by atoms with E-state index in [1.807, 2.05) is 13.0 Å². The van der Waals surface area contributed by atoms with Gasteiger partial charge in [-0.25, -0.2) is 9.67 Å². The summed E-state index contributed by atoms with van der Waals surface area (Å²) in [5, 5.41) is 6.65. The van der Waals surface area contributed by atoms with Crippen molar-refractivity contribution < 1.29 is 4.79 Å². The number of amides is 1. The summed E-state index contributed by atoms with van der Waals surface area (Å²) in [4.78, 5) is 30.6. The van der Waals surface area contributed by atoms with Gasteiger partial charge in [-0.15, -0.1) is 0 Å². The van der Waals surface area contributed by atoms with Crippen molar-refractivity contribution in [1.82, 2.24) is 19.7 Å². The first-order valence-corrected chi connectivity index (χ1v) is 6.59. The molecule has 0 saturated heterocycles. The van der Waals surface area contributed by atoms with Crippen LogP contribution in [0.5, 0.6) is 0 Å². The second-order valence-electron chi connectivity index (χ2n) is 4.72. The lowest BCUT2D eigenvalue weighted by molar-refractivity contribution is 0.102. The molecule has 3 aromatic rings. The van der Waals surface area contributed by atoms with E-state index in [2.05, 4.69) is 20.4 Å². The smallest absolute Gasteiger partial charge is 0.256 e. The predicted molar refractivity (Wildman–Crippen MR) is 81.1 cm³/mol. The summed E-state index contributed by atoms with van der Waals surface area (Å²) in [5.41, 5.74) is 2.05. The van der Waals surface area contributed by atoms with Gasteiger partial charge < -0.3 is 10.3 Å². The minimum absolute atomic E-state index is 0.215. The van der Waals surface area contributed by atoms with Gasteiger partial charge in [0, 0.05) is 24.0 Å². The van der Waals surface area contributed by atoms with Gasteiger partial charge in [0.25, 0.3) is 5.91 Å². The normalized spacial score (nSPS) is 10.4. The number of aryl methyl sites for hydroxylation is 1. The fourth-order valence-electron chi connectivity index (χ4n) is 2.09. The Bertz CT molecular complexity index is 868. The largest absolute Gasteiger partial charge is 0.366 e. The zero-order valence-corrected chi connectivity index (χ0v) is 11.8. The number of aromatic nitrogens is 4. The van der Waals surface area contributed by atoms with Crippen LogP contribution in [-0.2, 0) is 0 Å². The van der Waals surface area contributed by atoms with E-state index in [0.717, 1.165) is 11.3 Å². The van der Waals surface area contributed by atoms with Crippen molar-refractivity contribution in [1.29, 1.82) is 0 Å². The van der Waals surface area contributed by atoms with Crippen LogP contribution in [0.25, 0.3) is 5.69 Å². The van der Waals surface area contributed by atoms with E-state index in [1.54, 1.807) is 23.1 Å². The number of carbonyl (C=O) groups is 1. The first-order chi connectivity index (χ1) is 10.6. The number of carbonyl (C=O) groups excluding carboxylic acids is 1. The highest BCUT2D eigenvalue weighted by Crippen LogP contribution is 2.15. The summed E-state index contributed by atoms with van der Waals surface area (Å²) >= 11 is 0. The summed E-state index contributed by atoms with van der Waals surface area (Å²) in [6.45, 7) is 1.82. The molecule has 2 N–H and O–H groups in total. The number of nitrogens with zero attached hydrogens (tertiary/aromatic N) is 3. The van der Waals surface area contributed by atoms with Gasteiger partial charge in [0.2, 0.25) is 5.43 Å². The number of pyridine rings is 1. The third-order valence-electron chi connectivity index (χ3n) is 3.21. The number of hydrogen-bond acceptors (Lipinski definition) is 4. The molecule has 0 atom stereocenters. The van der Waals surface area contributed by atoms with Crippen molar-refractivity contribution in [3.63, 3.8) is 0 Å². The highest BCUT2D eigenvalue weighted by atomic mass is 16.2. The minimum atomic E-state index is -0.334. The molecule has 0 saturated carbocycles. The Morgan fingerprint density at radius 3 is 2.86 bits per heavy atom. The summed E-state index contributed by atoms with van der Waals surface area (Å²) in [7, 11) is 0. The Balaban J connectivity index is 1.87. The van der Waals surface area contributed by atoms with Crippen molar-refractivity contribution in [2.75, 3.05) is 5.32 Å². The van der Waals surface area contributed by atoms with E-state index in [-0.39, 0.29) is 17.0 Å². The van der Waals surface area contributed by atoms with Gasteiger partial charge in [0.05, 0.1) is 5.69 Å². The zero-order valence-electron chi connectivity index (χ0n) is 11.8. The second-order valence-corrected chi connectivity index (χ2v) is 4.72. The van der Waals surface area contributed by atoms with Crippen molar-refractivity contribution >= 4 is 11.6 Å². The Morgan fingerprint density at radius 2 is 2.18 bits per heavy atom. The third kappa shape index (κ3) is 2.64. The maximum Gasteiger partial charge on any atom is 0.256 e. The monoisotopic (exact) mass is 295 g/mol. The van der Waals surface area contributed by atoms with Gasteiger partial charge in [-0.05, 0) is 30.7 Å². The SMILES string of the molecule is Cc1cc(-n2cncn2)ccc1C(=O)Nc1c[nH]ccc1=O. The number of hydrogen-bond donors (Lipinski definition) is 2. The molecule has 0 radical (unpaired) electrons. The molecule has 2 heterocycles. The van der Waals surface area contributed by atoms with Crippen molar-refractivity contribution in [3.8, 4) is 5.69 Å². The number of benzene rings is 1. The number of aromatic amines is 1. The number of H-pyrrole nitrogens is 1. The summed E-state index contributed by atoms with van der Waals surface area (Å²) in [5.74, 6) is -0.334. The van der Waals surface area contributed by atoms with Crippen LogP contribution >= 0.6 is 0 Å². The Kier molecular flexibility index (Phi) is 3.53. The van der Waals surface area contributed by atoms with Crippen molar-refractivity contribution in [2.45, 2.75) is 6.92 Å². The van der Waals surface area contributed by atoms with Crippen LogP contribution in [0.2, 0.25) is 0 Å². The van der Waals surface area contributed by atoms with Gasteiger partial charge in [0.1, 0.15) is 18.3 Å². The molecule has 2 aromatic heterocycles. The highest BCUT2D eigenvalue weighted by Gasteiger charge is 2.12. The van der Waals surface area contributed by atoms with Gasteiger partial charge in [0.15, 0.2) is 0 Å². The average molecular weight is 295 g/mol. The first-order valence-electron chi connectivity index (χ1n) is 6.59. The summed E-state index contributed by atoms with van der Waals surface area (Å²) in [6.07, 6.45) is 5.99. The van der Waals surface area contributed by atoms with Crippen LogP contribution in [0.4, 0.5) is 5.69 Å². The molecular weight excluding hydrogens is 282 g/mol. The van der Waals surface area contributed by atoms with Gasteiger partial charge >= 0.3 is 0 Å². The van der Waals surface area contributed by atoms with Crippen molar-refractivity contribution in [3.05, 3.63) is 70.7 Å². The van der Waals surface area contributed by atoms with E-state index in [0.29, 0.717) is 5.56 Å². The molecule has 7 nitrogen and oxygen atoms in total. The van der Waals surface area contributed by atoms with E-state index >= 15 is 0 Å². The molecule has 3 rings (SSSR count). The maximum atomic E-state index is 12.3. The molecule has 22 heavy (non-hydrogen) atoms. The van der Waals surface area contributed by atoms with E-state index in [9.17, 15) is 9.59 Å². The van der Waals surface area contributed by atoms with E-state index in [1.165, 1.54) is 24.8 Å². The molecule has 7 heteroatoms. The molecule has 0 unspecified atom stereocenters. The molecule has 110 valence electrons. The van der Waals surface area contributed by atoms with Crippen LogP contribution in [-0.4, -0.2) is 25.7 Å². The zero-order chi connectivity index (χ0) is 15.5. The molecule has 0 fully saturated rings. The first kappa shape index (κ1) is 13.7. The Morgan fingerprint density at radius 1 is 1.32 bits per heavy atom. The molecule has 0 aliphatic rings. The standard InChI is InChI=1S/C15H13N5O2/c1-10-6-11(20-9-17-8-18-20)2-3-12(10)15(22)19-13-7-16-5-4-14(13)21/h2-9H,1H3,(H,16,21)(H,19,22). The third-order valence-corrected chi connectivity index (χ3v) is 3.21. The molecule has 1 aromatic carbocycles. The van der Waals surface area contributed by atoms with E-state index in [4.69, 9.17) is 0 Å². The summed E-state index contributed by atoms with van der Waals surface area (Å²) < 4.78 is 1.61. The maximum absolute atomic E-state index is 12.3. The summed E-state index contributed by atoms with van der Waals surface area (Å²) in [6, 6.07) is 6.65. The van der Waals surface area contributed by atoms with Gasteiger partial charge in [-0.3, -0.25) is 9.59 Å². The molecule has 0 aliphatic heterocycles. The number of rotatable bonds is 3. The molecular formula is C15H13N5O2. The van der Waals surface area contributed by atoms with Crippen molar-refractivity contribution in [2.24, 2.45) is 0 Å². The quantitative estimate of drug-likeness (QED) is 0.766. The lowest BCUT2D eigenvalue weighted by Gasteiger charge is -2.09.